The summed E-state index contributed by atoms with van der Waals surface area (Å²) in [6.45, 7) is -0.183. The number of aliphatic imine (C=N–C) groups is 1. The molecule has 0 bridgehead atoms. The molecule has 1 aromatic carbocycles. The highest BCUT2D eigenvalue weighted by atomic mass is 35.5. The number of hydrogen-bond acceptors (Lipinski definition) is 6. The monoisotopic (exact) mass is 455 g/mol. The lowest BCUT2D eigenvalue weighted by molar-refractivity contribution is -0.0509. The second kappa shape index (κ2) is 9.44. The molecule has 0 saturated heterocycles. The first-order valence-corrected chi connectivity index (χ1v) is 11.5. The third-order valence-electron chi connectivity index (χ3n) is 5.22. The predicted molar refractivity (Wildman–Crippen MR) is 116 cm³/mol. The fourth-order valence-electron chi connectivity index (χ4n) is 3.81. The van der Waals surface area contributed by atoms with Gasteiger partial charge in [0, 0.05) is 23.5 Å². The first-order chi connectivity index (χ1) is 14.2. The van der Waals surface area contributed by atoms with Crippen molar-refractivity contribution in [3.63, 3.8) is 0 Å². The summed E-state index contributed by atoms with van der Waals surface area (Å²) in [6.07, 6.45) is 4.66. The van der Waals surface area contributed by atoms with E-state index in [0.29, 0.717) is 15.8 Å². The van der Waals surface area contributed by atoms with Crippen molar-refractivity contribution < 1.29 is 18.6 Å². The lowest BCUT2D eigenvalue weighted by atomic mass is 9.89. The zero-order chi connectivity index (χ0) is 21.9. The van der Waals surface area contributed by atoms with Crippen molar-refractivity contribution in [2.75, 3.05) is 13.1 Å². The molecule has 0 unspecified atom stereocenters. The highest BCUT2D eigenvalue weighted by Crippen LogP contribution is 2.33. The predicted octanol–water partition coefficient (Wildman–Crippen LogP) is 1.67. The summed E-state index contributed by atoms with van der Waals surface area (Å²) in [5.41, 5.74) is 10.9. The zero-order valence-corrected chi connectivity index (χ0v) is 18.0. The Bertz CT molecular complexity index is 1030. The molecule has 2 aromatic rings. The first-order valence-electron chi connectivity index (χ1n) is 9.72. The average molecular weight is 456 g/mol. The Hall–Kier alpha value is -1.98. The van der Waals surface area contributed by atoms with Gasteiger partial charge in [-0.2, -0.15) is 9.30 Å². The van der Waals surface area contributed by atoms with Gasteiger partial charge in [-0.3, -0.25) is 0 Å². The number of sulfonamides is 1. The Labute approximate surface area is 180 Å². The number of aliphatic hydroxyl groups is 2. The molecule has 0 spiro atoms. The molecule has 0 amide bonds. The van der Waals surface area contributed by atoms with Crippen LogP contribution < -0.4 is 11.5 Å². The van der Waals surface area contributed by atoms with Crippen molar-refractivity contribution >= 4 is 44.2 Å². The van der Waals surface area contributed by atoms with E-state index in [0.717, 1.165) is 36.4 Å². The minimum absolute atomic E-state index is 0.0254. The molecule has 0 atom stereocenters. The van der Waals surface area contributed by atoms with Gasteiger partial charge in [-0.05, 0) is 30.9 Å². The van der Waals surface area contributed by atoms with Crippen molar-refractivity contribution in [3.05, 3.63) is 29.4 Å². The highest BCUT2D eigenvalue weighted by Gasteiger charge is 2.30. The Morgan fingerprint density at radius 2 is 1.93 bits per heavy atom. The van der Waals surface area contributed by atoms with Crippen molar-refractivity contribution in [3.8, 4) is 0 Å². The molecule has 30 heavy (non-hydrogen) atoms. The number of guanidine groups is 1. The Morgan fingerprint density at radius 3 is 2.57 bits per heavy atom. The topological polar surface area (TPSA) is 155 Å². The smallest absolute Gasteiger partial charge is 0.243 e. The second-order valence-corrected chi connectivity index (χ2v) is 9.83. The van der Waals surface area contributed by atoms with Crippen molar-refractivity contribution in [1.82, 2.24) is 9.29 Å². The maximum absolute atomic E-state index is 13.4. The normalized spacial score (nSPS) is 15.8. The van der Waals surface area contributed by atoms with Crippen LogP contribution in [0.5, 0.6) is 0 Å². The van der Waals surface area contributed by atoms with Crippen LogP contribution in [0.25, 0.3) is 10.8 Å². The van der Waals surface area contributed by atoms with E-state index in [-0.39, 0.29) is 29.1 Å². The molecule has 1 saturated carbocycles. The van der Waals surface area contributed by atoms with E-state index in [2.05, 4.69) is 9.98 Å². The summed E-state index contributed by atoms with van der Waals surface area (Å²) >= 11 is 6.19. The summed E-state index contributed by atoms with van der Waals surface area (Å²) in [5.74, 6) is 0.107. The molecule has 3 rings (SSSR count). The third-order valence-corrected chi connectivity index (χ3v) is 7.34. The molecule has 1 aliphatic carbocycles. The van der Waals surface area contributed by atoms with Crippen LogP contribution in [-0.4, -0.2) is 53.3 Å². The van der Waals surface area contributed by atoms with Gasteiger partial charge in [0.25, 0.3) is 0 Å². The summed E-state index contributed by atoms with van der Waals surface area (Å²) < 4.78 is 27.9. The molecular weight excluding hydrogens is 430 g/mol. The molecule has 1 aromatic heterocycles. The number of hydrogen-bond donors (Lipinski definition) is 4. The number of nitrogens with two attached hydrogens (primary N) is 2. The lowest BCUT2D eigenvalue weighted by Crippen LogP contribution is -2.40. The van der Waals surface area contributed by atoms with Crippen LogP contribution in [0, 0.1) is 5.92 Å². The maximum atomic E-state index is 13.4. The molecule has 1 fully saturated rings. The van der Waals surface area contributed by atoms with Crippen LogP contribution in [0.15, 0.2) is 34.3 Å². The number of nitrogens with zero attached hydrogens (tertiary/aromatic N) is 3. The van der Waals surface area contributed by atoms with Gasteiger partial charge in [0.05, 0.1) is 16.5 Å². The summed E-state index contributed by atoms with van der Waals surface area (Å²) in [6, 6.07) is 4.40. The van der Waals surface area contributed by atoms with E-state index in [1.165, 1.54) is 18.3 Å². The molecule has 1 aliphatic rings. The fraction of sp³-hybridized carbons (Fsp3) is 0.474. The van der Waals surface area contributed by atoms with Gasteiger partial charge >= 0.3 is 0 Å². The van der Waals surface area contributed by atoms with Gasteiger partial charge in [0.15, 0.2) is 18.1 Å². The van der Waals surface area contributed by atoms with Crippen LogP contribution in [0.4, 0.5) is 5.82 Å². The summed E-state index contributed by atoms with van der Waals surface area (Å²) in [4.78, 5) is 8.02. The quantitative estimate of drug-likeness (QED) is 0.281. The third kappa shape index (κ3) is 5.19. The number of rotatable bonds is 7. The van der Waals surface area contributed by atoms with Gasteiger partial charge in [0.2, 0.25) is 10.0 Å². The number of fused-ring (bicyclic) bond motifs is 1. The Balaban J connectivity index is 2.04. The highest BCUT2D eigenvalue weighted by molar-refractivity contribution is 7.89. The molecule has 0 aliphatic heterocycles. The molecule has 11 heteroatoms. The van der Waals surface area contributed by atoms with Crippen molar-refractivity contribution in [2.24, 2.45) is 22.4 Å². The fourth-order valence-corrected chi connectivity index (χ4v) is 5.56. The van der Waals surface area contributed by atoms with E-state index < -0.39 is 22.9 Å². The molecule has 9 nitrogen and oxygen atoms in total. The van der Waals surface area contributed by atoms with E-state index in [1.54, 1.807) is 6.07 Å². The van der Waals surface area contributed by atoms with Gasteiger partial charge in [-0.25, -0.2) is 13.4 Å². The van der Waals surface area contributed by atoms with Crippen LogP contribution in [-0.2, 0) is 10.0 Å². The van der Waals surface area contributed by atoms with E-state index in [9.17, 15) is 18.6 Å². The van der Waals surface area contributed by atoms with Crippen LogP contribution in [0.2, 0.25) is 5.02 Å². The van der Waals surface area contributed by atoms with Gasteiger partial charge in [-0.1, -0.05) is 36.9 Å². The van der Waals surface area contributed by atoms with Crippen LogP contribution >= 0.6 is 11.6 Å². The van der Waals surface area contributed by atoms with Gasteiger partial charge in [0.1, 0.15) is 0 Å². The first kappa shape index (κ1) is 22.7. The minimum atomic E-state index is -4.01. The lowest BCUT2D eigenvalue weighted by Gasteiger charge is -2.29. The number of pyridine rings is 1. The minimum Gasteiger partial charge on any atom is -0.370 e. The largest absolute Gasteiger partial charge is 0.370 e. The molecule has 6 N–H and O–H groups in total. The maximum Gasteiger partial charge on any atom is 0.243 e. The standard InChI is InChI=1S/C19H26ClN5O4S/c20-16-9-23-18(24-19(21)22)15-8-13(6-7-14(15)16)30(28,29)25(11-17(26)27)10-12-4-2-1-3-5-12/h6-9,12,17,26-27H,1-5,10-11H2,(H4,21,22,23,24). The number of halogens is 1. The SMILES string of the molecule is NC(N)=Nc1ncc(Cl)c2ccc(S(=O)(=O)N(CC(O)O)CC3CCCCC3)cc12. The van der Waals surface area contributed by atoms with Crippen LogP contribution in [0.1, 0.15) is 32.1 Å². The Morgan fingerprint density at radius 1 is 1.23 bits per heavy atom. The molecule has 1 heterocycles. The average Bonchev–Trinajstić information content (AvgIpc) is 2.69. The molecule has 0 radical (unpaired) electrons. The van der Waals surface area contributed by atoms with Crippen molar-refractivity contribution in [2.45, 2.75) is 43.3 Å². The van der Waals surface area contributed by atoms with Crippen molar-refractivity contribution in [1.29, 1.82) is 0 Å². The van der Waals surface area contributed by atoms with Gasteiger partial charge < -0.3 is 21.7 Å². The van der Waals surface area contributed by atoms with E-state index in [1.807, 2.05) is 0 Å². The second-order valence-electron chi connectivity index (χ2n) is 7.48. The number of aromatic nitrogens is 1. The number of aliphatic hydroxyl groups excluding tert-OH is 1. The summed E-state index contributed by atoms with van der Waals surface area (Å²) in [5, 5.41) is 20.2. The zero-order valence-electron chi connectivity index (χ0n) is 16.4. The van der Waals surface area contributed by atoms with E-state index in [4.69, 9.17) is 23.1 Å². The van der Waals surface area contributed by atoms with E-state index >= 15 is 0 Å². The van der Waals surface area contributed by atoms with Crippen LogP contribution in [0.3, 0.4) is 0 Å². The number of benzene rings is 1. The molecular formula is C19H26ClN5O4S. The van der Waals surface area contributed by atoms with Gasteiger partial charge in [-0.15, -0.1) is 0 Å². The summed E-state index contributed by atoms with van der Waals surface area (Å²) in [7, 11) is -4.01. The molecule has 164 valence electrons. The Kier molecular flexibility index (Phi) is 7.14.